The maximum atomic E-state index is 11.3. The Morgan fingerprint density at radius 2 is 2.43 bits per heavy atom. The van der Waals surface area contributed by atoms with Crippen LogP contribution < -0.4 is 5.32 Å². The summed E-state index contributed by atoms with van der Waals surface area (Å²) >= 11 is 0. The van der Waals surface area contributed by atoms with Gasteiger partial charge in [0, 0.05) is 19.1 Å². The molecule has 5 heteroatoms. The van der Waals surface area contributed by atoms with Crippen molar-refractivity contribution in [2.24, 2.45) is 0 Å². The second-order valence-corrected chi connectivity index (χ2v) is 3.52. The summed E-state index contributed by atoms with van der Waals surface area (Å²) < 4.78 is 0. The van der Waals surface area contributed by atoms with Gasteiger partial charge in [0.15, 0.2) is 0 Å². The molecule has 0 aromatic rings. The molecule has 1 rings (SSSR count). The molecule has 0 radical (unpaired) electrons. The number of nitrogens with one attached hydrogen (secondary N) is 1. The summed E-state index contributed by atoms with van der Waals surface area (Å²) in [7, 11) is 0. The number of amides is 1. The predicted molar refractivity (Wildman–Crippen MR) is 50.9 cm³/mol. The smallest absolute Gasteiger partial charge is 0.304 e. The van der Waals surface area contributed by atoms with Crippen LogP contribution in [-0.2, 0) is 9.59 Å². The first kappa shape index (κ1) is 11.0. The second-order valence-electron chi connectivity index (χ2n) is 3.52. The molecule has 1 heterocycles. The number of carbonyl (C=O) groups excluding carboxylic acids is 1. The Morgan fingerprint density at radius 3 is 3.00 bits per heavy atom. The Hall–Kier alpha value is -1.10. The lowest BCUT2D eigenvalue weighted by Crippen LogP contribution is -2.54. The lowest BCUT2D eigenvalue weighted by molar-refractivity contribution is -0.140. The third-order valence-corrected chi connectivity index (χ3v) is 2.25. The lowest BCUT2D eigenvalue weighted by atomic mass is 10.1. The number of piperazine rings is 1. The van der Waals surface area contributed by atoms with Crippen LogP contribution in [0.4, 0.5) is 0 Å². The normalized spacial score (nSPS) is 22.5. The SMILES string of the molecule is CCCN1CC(CC(=O)O)NCC1=O. The Morgan fingerprint density at radius 1 is 1.71 bits per heavy atom. The molecule has 5 nitrogen and oxygen atoms in total. The van der Waals surface area contributed by atoms with E-state index < -0.39 is 5.97 Å². The van der Waals surface area contributed by atoms with Gasteiger partial charge in [-0.15, -0.1) is 0 Å². The van der Waals surface area contributed by atoms with Gasteiger partial charge in [0.2, 0.25) is 5.91 Å². The van der Waals surface area contributed by atoms with Gasteiger partial charge >= 0.3 is 5.97 Å². The number of nitrogens with zero attached hydrogens (tertiary/aromatic N) is 1. The Bertz CT molecular complexity index is 230. The zero-order valence-electron chi connectivity index (χ0n) is 8.32. The van der Waals surface area contributed by atoms with E-state index in [0.717, 1.165) is 13.0 Å². The molecule has 1 fully saturated rings. The van der Waals surface area contributed by atoms with Crippen LogP contribution in [0.3, 0.4) is 0 Å². The summed E-state index contributed by atoms with van der Waals surface area (Å²) in [5.41, 5.74) is 0. The first-order valence-corrected chi connectivity index (χ1v) is 4.86. The molecule has 1 amide bonds. The number of aliphatic carboxylic acids is 1. The van der Waals surface area contributed by atoms with Crippen LogP contribution in [-0.4, -0.2) is 47.6 Å². The molecule has 0 saturated carbocycles. The summed E-state index contributed by atoms with van der Waals surface area (Å²) in [4.78, 5) is 23.5. The number of rotatable bonds is 4. The third kappa shape index (κ3) is 2.99. The molecule has 0 bridgehead atoms. The highest BCUT2D eigenvalue weighted by molar-refractivity contribution is 5.79. The van der Waals surface area contributed by atoms with E-state index in [1.807, 2.05) is 6.92 Å². The molecule has 1 saturated heterocycles. The Kier molecular flexibility index (Phi) is 3.88. The van der Waals surface area contributed by atoms with Crippen molar-refractivity contribution in [3.8, 4) is 0 Å². The van der Waals surface area contributed by atoms with Gasteiger partial charge in [0.1, 0.15) is 0 Å². The molecular formula is C9H16N2O3. The molecule has 1 aliphatic rings. The van der Waals surface area contributed by atoms with Crippen molar-refractivity contribution in [1.29, 1.82) is 0 Å². The molecular weight excluding hydrogens is 184 g/mol. The van der Waals surface area contributed by atoms with Crippen LogP contribution in [0.2, 0.25) is 0 Å². The van der Waals surface area contributed by atoms with Crippen LogP contribution in [0.1, 0.15) is 19.8 Å². The summed E-state index contributed by atoms with van der Waals surface area (Å²) in [5, 5.41) is 11.5. The van der Waals surface area contributed by atoms with E-state index in [-0.39, 0.29) is 24.9 Å². The van der Waals surface area contributed by atoms with Crippen molar-refractivity contribution in [3.05, 3.63) is 0 Å². The highest BCUT2D eigenvalue weighted by atomic mass is 16.4. The van der Waals surface area contributed by atoms with E-state index in [1.54, 1.807) is 4.90 Å². The maximum Gasteiger partial charge on any atom is 0.304 e. The van der Waals surface area contributed by atoms with E-state index in [1.165, 1.54) is 0 Å². The van der Waals surface area contributed by atoms with Crippen molar-refractivity contribution in [2.45, 2.75) is 25.8 Å². The van der Waals surface area contributed by atoms with Gasteiger partial charge < -0.3 is 15.3 Å². The van der Waals surface area contributed by atoms with Crippen LogP contribution in [0.15, 0.2) is 0 Å². The fourth-order valence-corrected chi connectivity index (χ4v) is 1.61. The standard InChI is InChI=1S/C9H16N2O3/c1-2-3-11-6-7(4-9(13)14)10-5-8(11)12/h7,10H,2-6H2,1H3,(H,13,14). The van der Waals surface area contributed by atoms with Gasteiger partial charge in [-0.2, -0.15) is 0 Å². The molecule has 0 aliphatic carbocycles. The molecule has 0 spiro atoms. The second kappa shape index (κ2) is 4.95. The van der Waals surface area contributed by atoms with Gasteiger partial charge in [-0.05, 0) is 6.42 Å². The van der Waals surface area contributed by atoms with E-state index in [2.05, 4.69) is 5.32 Å². The quantitative estimate of drug-likeness (QED) is 0.652. The topological polar surface area (TPSA) is 69.6 Å². The van der Waals surface area contributed by atoms with Gasteiger partial charge in [-0.25, -0.2) is 0 Å². The van der Waals surface area contributed by atoms with Gasteiger partial charge in [-0.1, -0.05) is 6.92 Å². The summed E-state index contributed by atoms with van der Waals surface area (Å²) in [6.45, 7) is 3.50. The molecule has 1 atom stereocenters. The largest absolute Gasteiger partial charge is 0.481 e. The summed E-state index contributed by atoms with van der Waals surface area (Å²) in [6.07, 6.45) is 0.985. The Labute approximate surface area is 83.1 Å². The first-order chi connectivity index (χ1) is 6.63. The van der Waals surface area contributed by atoms with Crippen molar-refractivity contribution in [1.82, 2.24) is 10.2 Å². The van der Waals surface area contributed by atoms with Crippen molar-refractivity contribution >= 4 is 11.9 Å². The monoisotopic (exact) mass is 200 g/mol. The van der Waals surface area contributed by atoms with Crippen LogP contribution in [0.25, 0.3) is 0 Å². The maximum absolute atomic E-state index is 11.3. The first-order valence-electron chi connectivity index (χ1n) is 4.86. The highest BCUT2D eigenvalue weighted by Crippen LogP contribution is 2.04. The molecule has 0 aromatic heterocycles. The van der Waals surface area contributed by atoms with Crippen LogP contribution >= 0.6 is 0 Å². The minimum Gasteiger partial charge on any atom is -0.481 e. The lowest BCUT2D eigenvalue weighted by Gasteiger charge is -2.32. The number of carboxylic acids is 1. The average molecular weight is 200 g/mol. The average Bonchev–Trinajstić information content (AvgIpc) is 2.10. The number of hydrogen-bond acceptors (Lipinski definition) is 3. The zero-order valence-corrected chi connectivity index (χ0v) is 8.32. The summed E-state index contributed by atoms with van der Waals surface area (Å²) in [6, 6.07) is -0.100. The number of carbonyl (C=O) groups is 2. The minimum absolute atomic E-state index is 0.0634. The van der Waals surface area contributed by atoms with Crippen molar-refractivity contribution in [2.75, 3.05) is 19.6 Å². The molecule has 1 unspecified atom stereocenters. The minimum atomic E-state index is -0.826. The molecule has 80 valence electrons. The molecule has 14 heavy (non-hydrogen) atoms. The van der Waals surface area contributed by atoms with E-state index in [9.17, 15) is 9.59 Å². The highest BCUT2D eigenvalue weighted by Gasteiger charge is 2.25. The van der Waals surface area contributed by atoms with Gasteiger partial charge in [0.25, 0.3) is 0 Å². The number of hydrogen-bond donors (Lipinski definition) is 2. The van der Waals surface area contributed by atoms with Gasteiger partial charge in [0.05, 0.1) is 13.0 Å². The van der Waals surface area contributed by atoms with Crippen LogP contribution in [0.5, 0.6) is 0 Å². The fourth-order valence-electron chi connectivity index (χ4n) is 1.61. The number of carboxylic acid groups (broad SMARTS) is 1. The molecule has 1 aliphatic heterocycles. The third-order valence-electron chi connectivity index (χ3n) is 2.25. The van der Waals surface area contributed by atoms with Crippen LogP contribution in [0, 0.1) is 0 Å². The predicted octanol–water partition coefficient (Wildman–Crippen LogP) is -0.328. The molecule has 0 aromatic carbocycles. The fraction of sp³-hybridized carbons (Fsp3) is 0.778. The summed E-state index contributed by atoms with van der Waals surface area (Å²) in [5.74, 6) is -0.762. The molecule has 2 N–H and O–H groups in total. The van der Waals surface area contributed by atoms with Gasteiger partial charge in [-0.3, -0.25) is 9.59 Å². The van der Waals surface area contributed by atoms with E-state index in [4.69, 9.17) is 5.11 Å². The van der Waals surface area contributed by atoms with Crippen molar-refractivity contribution < 1.29 is 14.7 Å². The Balaban J connectivity index is 2.44. The van der Waals surface area contributed by atoms with E-state index >= 15 is 0 Å². The van der Waals surface area contributed by atoms with E-state index in [0.29, 0.717) is 6.54 Å². The van der Waals surface area contributed by atoms with Crippen molar-refractivity contribution in [3.63, 3.8) is 0 Å². The zero-order chi connectivity index (χ0) is 10.6.